The summed E-state index contributed by atoms with van der Waals surface area (Å²) in [5.41, 5.74) is -0.691. The minimum Gasteiger partial charge on any atom is -0.369 e. The van der Waals surface area contributed by atoms with Crippen molar-refractivity contribution in [2.24, 2.45) is 0 Å². The SMILES string of the molecule is CCCNC1CCN(C(=O)C(C)(C)OC)CC1. The van der Waals surface area contributed by atoms with Gasteiger partial charge < -0.3 is 15.0 Å². The van der Waals surface area contributed by atoms with Gasteiger partial charge in [0.2, 0.25) is 0 Å². The van der Waals surface area contributed by atoms with E-state index in [9.17, 15) is 4.79 Å². The lowest BCUT2D eigenvalue weighted by Gasteiger charge is -2.36. The number of nitrogens with zero attached hydrogens (tertiary/aromatic N) is 1. The molecule has 0 atom stereocenters. The predicted molar refractivity (Wildman–Crippen MR) is 69.0 cm³/mol. The number of likely N-dealkylation sites (tertiary alicyclic amines) is 1. The number of ether oxygens (including phenoxy) is 1. The van der Waals surface area contributed by atoms with E-state index in [2.05, 4.69) is 12.2 Å². The molecule has 1 aliphatic rings. The number of hydrogen-bond donors (Lipinski definition) is 1. The number of piperidine rings is 1. The third kappa shape index (κ3) is 3.96. The zero-order chi connectivity index (χ0) is 12.9. The van der Waals surface area contributed by atoms with Crippen LogP contribution in [-0.2, 0) is 9.53 Å². The van der Waals surface area contributed by atoms with Crippen molar-refractivity contribution in [3.05, 3.63) is 0 Å². The van der Waals surface area contributed by atoms with Gasteiger partial charge in [0.25, 0.3) is 5.91 Å². The molecular weight excluding hydrogens is 216 g/mol. The zero-order valence-corrected chi connectivity index (χ0v) is 11.6. The molecule has 0 aliphatic carbocycles. The molecule has 1 rings (SSSR count). The molecular formula is C13H26N2O2. The van der Waals surface area contributed by atoms with Gasteiger partial charge in [-0.15, -0.1) is 0 Å². The molecule has 1 saturated heterocycles. The van der Waals surface area contributed by atoms with Gasteiger partial charge in [-0.1, -0.05) is 6.92 Å². The van der Waals surface area contributed by atoms with Crippen LogP contribution in [0.2, 0.25) is 0 Å². The molecule has 0 spiro atoms. The summed E-state index contributed by atoms with van der Waals surface area (Å²) in [6.45, 7) is 8.59. The third-order valence-corrected chi connectivity index (χ3v) is 3.49. The van der Waals surface area contributed by atoms with E-state index < -0.39 is 5.60 Å². The molecule has 0 radical (unpaired) electrons. The summed E-state index contributed by atoms with van der Waals surface area (Å²) in [6.07, 6.45) is 3.26. The van der Waals surface area contributed by atoms with E-state index in [1.54, 1.807) is 7.11 Å². The first-order valence-corrected chi connectivity index (χ1v) is 6.59. The van der Waals surface area contributed by atoms with Crippen molar-refractivity contribution in [2.45, 2.75) is 51.7 Å². The minimum atomic E-state index is -0.691. The lowest BCUT2D eigenvalue weighted by atomic mass is 10.0. The number of amides is 1. The second kappa shape index (κ2) is 6.36. The van der Waals surface area contributed by atoms with Crippen LogP contribution in [0, 0.1) is 0 Å². The van der Waals surface area contributed by atoms with Gasteiger partial charge in [0.1, 0.15) is 5.60 Å². The van der Waals surface area contributed by atoms with Crippen LogP contribution in [0.15, 0.2) is 0 Å². The van der Waals surface area contributed by atoms with Gasteiger partial charge in [0.05, 0.1) is 0 Å². The van der Waals surface area contributed by atoms with E-state index in [0.717, 1.165) is 38.9 Å². The maximum atomic E-state index is 12.2. The Morgan fingerprint density at radius 1 is 1.41 bits per heavy atom. The topological polar surface area (TPSA) is 41.6 Å². The largest absolute Gasteiger partial charge is 0.369 e. The average Bonchev–Trinajstić information content (AvgIpc) is 2.36. The van der Waals surface area contributed by atoms with Crippen molar-refractivity contribution in [1.82, 2.24) is 10.2 Å². The predicted octanol–water partition coefficient (Wildman–Crippen LogP) is 1.40. The summed E-state index contributed by atoms with van der Waals surface area (Å²) in [5.74, 6) is 0.106. The molecule has 17 heavy (non-hydrogen) atoms. The Morgan fingerprint density at radius 2 is 2.00 bits per heavy atom. The Bertz CT molecular complexity index is 246. The molecule has 0 aromatic rings. The molecule has 1 aliphatic heterocycles. The van der Waals surface area contributed by atoms with Crippen LogP contribution >= 0.6 is 0 Å². The first kappa shape index (κ1) is 14.5. The van der Waals surface area contributed by atoms with Crippen LogP contribution in [0.4, 0.5) is 0 Å². The zero-order valence-electron chi connectivity index (χ0n) is 11.6. The normalized spacial score (nSPS) is 18.5. The quantitative estimate of drug-likeness (QED) is 0.792. The monoisotopic (exact) mass is 242 g/mol. The second-order valence-corrected chi connectivity index (χ2v) is 5.24. The molecule has 0 unspecified atom stereocenters. The van der Waals surface area contributed by atoms with Crippen LogP contribution in [0.25, 0.3) is 0 Å². The van der Waals surface area contributed by atoms with E-state index >= 15 is 0 Å². The number of carbonyl (C=O) groups is 1. The third-order valence-electron chi connectivity index (χ3n) is 3.49. The van der Waals surface area contributed by atoms with Crippen LogP contribution in [0.1, 0.15) is 40.0 Å². The molecule has 0 bridgehead atoms. The van der Waals surface area contributed by atoms with E-state index in [0.29, 0.717) is 6.04 Å². The van der Waals surface area contributed by atoms with Crippen LogP contribution in [0.5, 0.6) is 0 Å². The smallest absolute Gasteiger partial charge is 0.254 e. The highest BCUT2D eigenvalue weighted by atomic mass is 16.5. The molecule has 4 heteroatoms. The highest BCUT2D eigenvalue weighted by molar-refractivity contribution is 5.84. The van der Waals surface area contributed by atoms with Crippen molar-refractivity contribution >= 4 is 5.91 Å². The van der Waals surface area contributed by atoms with Gasteiger partial charge >= 0.3 is 0 Å². The van der Waals surface area contributed by atoms with Gasteiger partial charge in [-0.05, 0) is 39.7 Å². The summed E-state index contributed by atoms with van der Waals surface area (Å²) in [5, 5.41) is 3.51. The van der Waals surface area contributed by atoms with Gasteiger partial charge in [-0.2, -0.15) is 0 Å². The van der Waals surface area contributed by atoms with Crippen molar-refractivity contribution in [2.75, 3.05) is 26.7 Å². The molecule has 0 saturated carbocycles. The Morgan fingerprint density at radius 3 is 2.47 bits per heavy atom. The fourth-order valence-corrected chi connectivity index (χ4v) is 2.10. The molecule has 1 N–H and O–H groups in total. The summed E-state index contributed by atoms with van der Waals surface area (Å²) in [4.78, 5) is 14.1. The van der Waals surface area contributed by atoms with Crippen molar-refractivity contribution in [3.63, 3.8) is 0 Å². The average molecular weight is 242 g/mol. The lowest BCUT2D eigenvalue weighted by Crippen LogP contribution is -2.51. The van der Waals surface area contributed by atoms with Crippen LogP contribution in [0.3, 0.4) is 0 Å². The molecule has 1 fully saturated rings. The number of methoxy groups -OCH3 is 1. The van der Waals surface area contributed by atoms with Crippen molar-refractivity contribution in [3.8, 4) is 0 Å². The number of carbonyl (C=O) groups excluding carboxylic acids is 1. The highest BCUT2D eigenvalue weighted by Gasteiger charge is 2.33. The first-order chi connectivity index (χ1) is 8.01. The Kier molecular flexibility index (Phi) is 5.40. The molecule has 1 amide bonds. The molecule has 0 aromatic heterocycles. The second-order valence-electron chi connectivity index (χ2n) is 5.24. The first-order valence-electron chi connectivity index (χ1n) is 6.59. The van der Waals surface area contributed by atoms with E-state index in [-0.39, 0.29) is 5.91 Å². The van der Waals surface area contributed by atoms with Gasteiger partial charge in [-0.25, -0.2) is 0 Å². The fourth-order valence-electron chi connectivity index (χ4n) is 2.10. The number of hydrogen-bond acceptors (Lipinski definition) is 3. The summed E-state index contributed by atoms with van der Waals surface area (Å²) >= 11 is 0. The molecule has 0 aromatic carbocycles. The van der Waals surface area contributed by atoms with E-state index in [1.165, 1.54) is 0 Å². The Labute approximate surface area is 105 Å². The summed E-state index contributed by atoms with van der Waals surface area (Å²) < 4.78 is 5.24. The minimum absolute atomic E-state index is 0.106. The van der Waals surface area contributed by atoms with E-state index in [4.69, 9.17) is 4.74 Å². The molecule has 1 heterocycles. The van der Waals surface area contributed by atoms with Gasteiger partial charge in [-0.3, -0.25) is 4.79 Å². The van der Waals surface area contributed by atoms with Crippen molar-refractivity contribution in [1.29, 1.82) is 0 Å². The Balaban J connectivity index is 2.39. The maximum absolute atomic E-state index is 12.2. The maximum Gasteiger partial charge on any atom is 0.254 e. The van der Waals surface area contributed by atoms with Crippen molar-refractivity contribution < 1.29 is 9.53 Å². The van der Waals surface area contributed by atoms with Crippen LogP contribution < -0.4 is 5.32 Å². The standard InChI is InChI=1S/C13H26N2O2/c1-5-8-14-11-6-9-15(10-7-11)12(16)13(2,3)17-4/h11,14H,5-10H2,1-4H3. The Hall–Kier alpha value is -0.610. The molecule has 4 nitrogen and oxygen atoms in total. The highest BCUT2D eigenvalue weighted by Crippen LogP contribution is 2.17. The number of nitrogens with one attached hydrogen (secondary N) is 1. The summed E-state index contributed by atoms with van der Waals surface area (Å²) in [7, 11) is 1.59. The number of rotatable bonds is 5. The fraction of sp³-hybridized carbons (Fsp3) is 0.923. The lowest BCUT2D eigenvalue weighted by molar-refractivity contribution is -0.152. The van der Waals surface area contributed by atoms with E-state index in [1.807, 2.05) is 18.7 Å². The van der Waals surface area contributed by atoms with Crippen LogP contribution in [-0.4, -0.2) is 49.2 Å². The molecule has 100 valence electrons. The van der Waals surface area contributed by atoms with Gasteiger partial charge in [0, 0.05) is 26.2 Å². The summed E-state index contributed by atoms with van der Waals surface area (Å²) in [6, 6.07) is 0.574. The van der Waals surface area contributed by atoms with Gasteiger partial charge in [0.15, 0.2) is 0 Å².